The molecule has 0 radical (unpaired) electrons. The van der Waals surface area contributed by atoms with Crippen molar-refractivity contribution >= 4 is 41.1 Å². The highest BCUT2D eigenvalue weighted by atomic mass is 35.5. The van der Waals surface area contributed by atoms with E-state index in [0.717, 1.165) is 5.56 Å². The summed E-state index contributed by atoms with van der Waals surface area (Å²) in [7, 11) is 0. The summed E-state index contributed by atoms with van der Waals surface area (Å²) < 4.78 is 2.61. The van der Waals surface area contributed by atoms with Gasteiger partial charge in [-0.2, -0.15) is 0 Å². The van der Waals surface area contributed by atoms with Gasteiger partial charge in [0, 0.05) is 21.4 Å². The molecule has 0 saturated heterocycles. The SMILES string of the molecule is N=C(N)NSCc1c(Cl)cccc1Cl. The van der Waals surface area contributed by atoms with Gasteiger partial charge in [0.15, 0.2) is 5.96 Å². The van der Waals surface area contributed by atoms with Crippen molar-refractivity contribution in [3.8, 4) is 0 Å². The molecule has 0 fully saturated rings. The number of rotatable bonds is 3. The molecule has 0 saturated carbocycles. The molecule has 14 heavy (non-hydrogen) atoms. The molecule has 0 aromatic heterocycles. The average Bonchev–Trinajstić information content (AvgIpc) is 2.09. The standard InChI is InChI=1S/C8H9Cl2N3S/c9-6-2-1-3-7(10)5(6)4-14-13-8(11)12/h1-3H,4H2,(H4,11,12,13). The van der Waals surface area contributed by atoms with Crippen molar-refractivity contribution in [3.05, 3.63) is 33.8 Å². The minimum atomic E-state index is -0.0850. The molecule has 76 valence electrons. The fourth-order valence-corrected chi connectivity index (χ4v) is 2.23. The van der Waals surface area contributed by atoms with Crippen LogP contribution in [0, 0.1) is 5.41 Å². The van der Waals surface area contributed by atoms with E-state index in [0.29, 0.717) is 15.8 Å². The Hall–Kier alpha value is -0.580. The van der Waals surface area contributed by atoms with Crippen molar-refractivity contribution in [2.75, 3.05) is 0 Å². The number of nitrogens with two attached hydrogens (primary N) is 1. The summed E-state index contributed by atoms with van der Waals surface area (Å²) >= 11 is 13.1. The third-order valence-corrected chi connectivity index (χ3v) is 2.97. The molecule has 0 unspecified atom stereocenters. The van der Waals surface area contributed by atoms with E-state index in [9.17, 15) is 0 Å². The van der Waals surface area contributed by atoms with Gasteiger partial charge in [-0.25, -0.2) is 0 Å². The van der Waals surface area contributed by atoms with Crippen LogP contribution in [0.5, 0.6) is 0 Å². The molecule has 0 heterocycles. The monoisotopic (exact) mass is 249 g/mol. The van der Waals surface area contributed by atoms with Crippen molar-refractivity contribution in [2.45, 2.75) is 5.75 Å². The van der Waals surface area contributed by atoms with Crippen LogP contribution in [-0.2, 0) is 5.75 Å². The highest BCUT2D eigenvalue weighted by molar-refractivity contribution is 7.97. The first-order valence-corrected chi connectivity index (χ1v) is 5.50. The fraction of sp³-hybridized carbons (Fsp3) is 0.125. The molecule has 0 bridgehead atoms. The third kappa shape index (κ3) is 3.29. The maximum atomic E-state index is 6.95. The van der Waals surface area contributed by atoms with E-state index in [2.05, 4.69) is 4.72 Å². The van der Waals surface area contributed by atoms with E-state index in [1.165, 1.54) is 11.9 Å². The summed E-state index contributed by atoms with van der Waals surface area (Å²) in [5.74, 6) is 0.483. The number of nitrogens with one attached hydrogen (secondary N) is 2. The summed E-state index contributed by atoms with van der Waals surface area (Å²) in [5, 5.41) is 8.19. The van der Waals surface area contributed by atoms with E-state index >= 15 is 0 Å². The normalized spacial score (nSPS) is 9.86. The molecule has 0 spiro atoms. The topological polar surface area (TPSA) is 61.9 Å². The summed E-state index contributed by atoms with van der Waals surface area (Å²) in [6.45, 7) is 0. The summed E-state index contributed by atoms with van der Waals surface area (Å²) in [6.07, 6.45) is 0. The van der Waals surface area contributed by atoms with Gasteiger partial charge in [-0.3, -0.25) is 5.41 Å². The van der Waals surface area contributed by atoms with Gasteiger partial charge in [-0.1, -0.05) is 29.3 Å². The molecule has 0 aliphatic rings. The minimum absolute atomic E-state index is 0.0850. The Morgan fingerprint density at radius 3 is 2.50 bits per heavy atom. The van der Waals surface area contributed by atoms with Crippen molar-refractivity contribution < 1.29 is 0 Å². The maximum Gasteiger partial charge on any atom is 0.195 e. The lowest BCUT2D eigenvalue weighted by Gasteiger charge is -2.06. The average molecular weight is 250 g/mol. The van der Waals surface area contributed by atoms with Crippen LogP contribution in [-0.4, -0.2) is 5.96 Å². The van der Waals surface area contributed by atoms with Crippen molar-refractivity contribution in [1.29, 1.82) is 5.41 Å². The van der Waals surface area contributed by atoms with Crippen LogP contribution in [0.3, 0.4) is 0 Å². The Bertz CT molecular complexity index is 323. The Balaban J connectivity index is 2.62. The van der Waals surface area contributed by atoms with E-state index in [1.807, 2.05) is 0 Å². The molecule has 0 atom stereocenters. The lowest BCUT2D eigenvalue weighted by atomic mass is 10.2. The van der Waals surface area contributed by atoms with Crippen LogP contribution in [0.15, 0.2) is 18.2 Å². The molecular weight excluding hydrogens is 241 g/mol. The van der Waals surface area contributed by atoms with E-state index in [1.54, 1.807) is 18.2 Å². The lowest BCUT2D eigenvalue weighted by molar-refractivity contribution is 1.30. The van der Waals surface area contributed by atoms with Gasteiger partial charge in [0.25, 0.3) is 0 Å². The van der Waals surface area contributed by atoms with Crippen LogP contribution in [0.2, 0.25) is 10.0 Å². The van der Waals surface area contributed by atoms with Crippen LogP contribution >= 0.6 is 35.1 Å². The second-order valence-corrected chi connectivity index (χ2v) is 4.10. The van der Waals surface area contributed by atoms with Crippen LogP contribution < -0.4 is 10.5 Å². The zero-order valence-corrected chi connectivity index (χ0v) is 9.51. The largest absolute Gasteiger partial charge is 0.369 e. The number of guanidine groups is 1. The van der Waals surface area contributed by atoms with Gasteiger partial charge in [-0.05, 0) is 24.1 Å². The molecule has 4 N–H and O–H groups in total. The summed E-state index contributed by atoms with van der Waals surface area (Å²) in [4.78, 5) is 0. The minimum Gasteiger partial charge on any atom is -0.369 e. The summed E-state index contributed by atoms with van der Waals surface area (Å²) in [5.41, 5.74) is 5.96. The Morgan fingerprint density at radius 2 is 2.00 bits per heavy atom. The first-order valence-electron chi connectivity index (χ1n) is 3.76. The second-order valence-electron chi connectivity index (χ2n) is 2.50. The van der Waals surface area contributed by atoms with Crippen molar-refractivity contribution in [1.82, 2.24) is 4.72 Å². The molecule has 1 rings (SSSR count). The van der Waals surface area contributed by atoms with Gasteiger partial charge in [0.1, 0.15) is 0 Å². The Kier molecular flexibility index (Phi) is 4.38. The number of hydrogen-bond donors (Lipinski definition) is 3. The lowest BCUT2D eigenvalue weighted by Crippen LogP contribution is -2.24. The zero-order valence-electron chi connectivity index (χ0n) is 7.18. The second kappa shape index (κ2) is 5.34. The maximum absolute atomic E-state index is 6.95. The predicted molar refractivity (Wildman–Crippen MR) is 62.8 cm³/mol. The van der Waals surface area contributed by atoms with Gasteiger partial charge in [0.05, 0.1) is 0 Å². The highest BCUT2D eigenvalue weighted by Crippen LogP contribution is 2.27. The third-order valence-electron chi connectivity index (χ3n) is 1.46. The van der Waals surface area contributed by atoms with Crippen LogP contribution in [0.25, 0.3) is 0 Å². The molecule has 0 aliphatic heterocycles. The van der Waals surface area contributed by atoms with Crippen molar-refractivity contribution in [3.63, 3.8) is 0 Å². The molecular formula is C8H9Cl2N3S. The van der Waals surface area contributed by atoms with E-state index in [-0.39, 0.29) is 5.96 Å². The fourth-order valence-electron chi connectivity index (χ4n) is 0.856. The van der Waals surface area contributed by atoms with E-state index < -0.39 is 0 Å². The number of hydrogen-bond acceptors (Lipinski definition) is 2. The van der Waals surface area contributed by atoms with Crippen LogP contribution in [0.4, 0.5) is 0 Å². The number of halogens is 2. The van der Waals surface area contributed by atoms with E-state index in [4.69, 9.17) is 34.3 Å². The summed E-state index contributed by atoms with van der Waals surface area (Å²) in [6, 6.07) is 5.34. The van der Waals surface area contributed by atoms with Gasteiger partial charge >= 0.3 is 0 Å². The molecule has 6 heteroatoms. The molecule has 3 nitrogen and oxygen atoms in total. The quantitative estimate of drug-likeness (QED) is 0.439. The Labute approximate surface area is 96.6 Å². The van der Waals surface area contributed by atoms with Crippen LogP contribution in [0.1, 0.15) is 5.56 Å². The molecule has 1 aromatic carbocycles. The molecule has 0 aliphatic carbocycles. The first-order chi connectivity index (χ1) is 6.61. The first kappa shape index (κ1) is 11.5. The number of benzene rings is 1. The van der Waals surface area contributed by atoms with Gasteiger partial charge in [0.2, 0.25) is 0 Å². The van der Waals surface area contributed by atoms with Gasteiger partial charge < -0.3 is 10.5 Å². The highest BCUT2D eigenvalue weighted by Gasteiger charge is 2.04. The predicted octanol–water partition coefficient (Wildman–Crippen LogP) is 2.62. The molecule has 1 aromatic rings. The van der Waals surface area contributed by atoms with Gasteiger partial charge in [-0.15, -0.1) is 0 Å². The van der Waals surface area contributed by atoms with Crippen molar-refractivity contribution in [2.24, 2.45) is 5.73 Å². The zero-order chi connectivity index (χ0) is 10.6. The molecule has 0 amide bonds. The smallest absolute Gasteiger partial charge is 0.195 e. The Morgan fingerprint density at radius 1 is 1.43 bits per heavy atom.